The largest absolute Gasteiger partial charge is 0.543 e. The molecule has 150 valence electrons. The maximum atomic E-state index is 13.7. The Bertz CT molecular complexity index is 1180. The van der Waals surface area contributed by atoms with Crippen LogP contribution < -0.4 is 15.4 Å². The van der Waals surface area contributed by atoms with Gasteiger partial charge in [0.1, 0.15) is 28.9 Å². The molecular weight excluding hydrogens is 408 g/mol. The summed E-state index contributed by atoms with van der Waals surface area (Å²) in [7, 11) is 0. The summed E-state index contributed by atoms with van der Waals surface area (Å²) in [6.07, 6.45) is 2.14. The standard InChI is InChI=1S/C19H14ClF2N3O4/c1-9-6-23-13(19(27)28)5-15(9)25-10(2)3-16(17(20)18(25)26)29-8-14-12(22)4-11(21)7-24-14/h3-7H,8H2,1-2H3,(H,27,28)/p-1. The number of pyridine rings is 3. The van der Waals surface area contributed by atoms with E-state index in [2.05, 4.69) is 9.97 Å². The third-order valence-corrected chi connectivity index (χ3v) is 4.42. The van der Waals surface area contributed by atoms with Crippen molar-refractivity contribution in [1.29, 1.82) is 0 Å². The van der Waals surface area contributed by atoms with Gasteiger partial charge in [-0.2, -0.15) is 0 Å². The number of rotatable bonds is 5. The lowest BCUT2D eigenvalue weighted by molar-refractivity contribution is -0.255. The van der Waals surface area contributed by atoms with Crippen LogP contribution in [-0.4, -0.2) is 20.5 Å². The van der Waals surface area contributed by atoms with E-state index in [0.29, 0.717) is 17.3 Å². The highest BCUT2D eigenvalue weighted by Gasteiger charge is 2.17. The topological polar surface area (TPSA) is 97.1 Å². The van der Waals surface area contributed by atoms with Crippen LogP contribution in [0, 0.1) is 25.5 Å². The zero-order valence-electron chi connectivity index (χ0n) is 15.2. The number of hydrogen-bond donors (Lipinski definition) is 0. The molecule has 29 heavy (non-hydrogen) atoms. The highest BCUT2D eigenvalue weighted by atomic mass is 35.5. The minimum atomic E-state index is -1.49. The SMILES string of the molecule is Cc1cnc(C(=O)[O-])cc1-n1c(C)cc(OCc2ncc(F)cc2F)c(Cl)c1=O. The van der Waals surface area contributed by atoms with Crippen LogP contribution in [0.15, 0.2) is 35.4 Å². The summed E-state index contributed by atoms with van der Waals surface area (Å²) < 4.78 is 33.3. The molecule has 0 aliphatic heterocycles. The Morgan fingerprint density at radius 1 is 1.21 bits per heavy atom. The maximum Gasteiger partial charge on any atom is 0.277 e. The summed E-state index contributed by atoms with van der Waals surface area (Å²) in [5.41, 5.74) is -0.00339. The third-order valence-electron chi connectivity index (χ3n) is 4.07. The van der Waals surface area contributed by atoms with Crippen molar-refractivity contribution in [3.8, 4) is 11.4 Å². The van der Waals surface area contributed by atoms with Crippen LogP contribution in [0.3, 0.4) is 0 Å². The molecule has 0 bridgehead atoms. The molecule has 0 saturated heterocycles. The fourth-order valence-electron chi connectivity index (χ4n) is 2.65. The molecule has 0 fully saturated rings. The van der Waals surface area contributed by atoms with Crippen molar-refractivity contribution in [3.05, 3.63) is 80.2 Å². The van der Waals surface area contributed by atoms with Gasteiger partial charge in [-0.3, -0.25) is 19.3 Å². The van der Waals surface area contributed by atoms with Gasteiger partial charge in [-0.25, -0.2) is 8.78 Å². The lowest BCUT2D eigenvalue weighted by atomic mass is 10.2. The Balaban J connectivity index is 2.00. The smallest absolute Gasteiger partial charge is 0.277 e. The van der Waals surface area contributed by atoms with Gasteiger partial charge in [0, 0.05) is 24.0 Å². The number of aromatic nitrogens is 3. The number of carbonyl (C=O) groups excluding carboxylic acids is 1. The summed E-state index contributed by atoms with van der Waals surface area (Å²) >= 11 is 6.13. The number of ether oxygens (including phenoxy) is 1. The van der Waals surface area contributed by atoms with Crippen LogP contribution in [0.5, 0.6) is 5.75 Å². The second-order valence-electron chi connectivity index (χ2n) is 6.12. The zero-order valence-corrected chi connectivity index (χ0v) is 16.0. The van der Waals surface area contributed by atoms with Crippen molar-refractivity contribution in [2.45, 2.75) is 20.5 Å². The molecule has 0 amide bonds. The average molecular weight is 421 g/mol. The van der Waals surface area contributed by atoms with Crippen molar-refractivity contribution in [2.75, 3.05) is 0 Å². The van der Waals surface area contributed by atoms with Crippen molar-refractivity contribution in [3.63, 3.8) is 0 Å². The second-order valence-corrected chi connectivity index (χ2v) is 6.50. The molecule has 0 saturated carbocycles. The third kappa shape index (κ3) is 4.09. The van der Waals surface area contributed by atoms with Gasteiger partial charge < -0.3 is 14.6 Å². The van der Waals surface area contributed by atoms with Crippen molar-refractivity contribution in [2.24, 2.45) is 0 Å². The Labute approximate surface area is 168 Å². The number of carboxylic acid groups (broad SMARTS) is 1. The van der Waals surface area contributed by atoms with Gasteiger partial charge in [-0.1, -0.05) is 11.6 Å². The van der Waals surface area contributed by atoms with E-state index < -0.39 is 23.2 Å². The van der Waals surface area contributed by atoms with Gasteiger partial charge >= 0.3 is 0 Å². The van der Waals surface area contributed by atoms with Gasteiger partial charge in [-0.15, -0.1) is 0 Å². The van der Waals surface area contributed by atoms with E-state index in [1.807, 2.05) is 0 Å². The molecule has 0 aliphatic carbocycles. The molecule has 0 aliphatic rings. The van der Waals surface area contributed by atoms with E-state index >= 15 is 0 Å². The first-order valence-electron chi connectivity index (χ1n) is 8.22. The van der Waals surface area contributed by atoms with Gasteiger partial charge in [0.25, 0.3) is 5.56 Å². The number of carbonyl (C=O) groups is 1. The zero-order chi connectivity index (χ0) is 21.3. The van der Waals surface area contributed by atoms with Gasteiger partial charge in [0.05, 0.1) is 23.5 Å². The van der Waals surface area contributed by atoms with Gasteiger partial charge in [0.2, 0.25) is 0 Å². The van der Waals surface area contributed by atoms with E-state index in [4.69, 9.17) is 16.3 Å². The van der Waals surface area contributed by atoms with E-state index in [0.717, 1.165) is 6.20 Å². The summed E-state index contributed by atoms with van der Waals surface area (Å²) in [5.74, 6) is -3.24. The fraction of sp³-hybridized carbons (Fsp3) is 0.158. The predicted molar refractivity (Wildman–Crippen MR) is 97.1 cm³/mol. The van der Waals surface area contributed by atoms with Crippen LogP contribution in [-0.2, 0) is 6.61 Å². The molecule has 3 heterocycles. The van der Waals surface area contributed by atoms with E-state index in [-0.39, 0.29) is 34.5 Å². The summed E-state index contributed by atoms with van der Waals surface area (Å²) in [5, 5.41) is 10.8. The van der Waals surface area contributed by atoms with E-state index in [1.165, 1.54) is 22.9 Å². The molecule has 0 unspecified atom stereocenters. The van der Waals surface area contributed by atoms with Crippen LogP contribution in [0.4, 0.5) is 8.78 Å². The normalized spacial score (nSPS) is 10.8. The van der Waals surface area contributed by atoms with Crippen molar-refractivity contribution in [1.82, 2.24) is 14.5 Å². The van der Waals surface area contributed by atoms with Crippen LogP contribution in [0.25, 0.3) is 5.69 Å². The van der Waals surface area contributed by atoms with Crippen molar-refractivity contribution < 1.29 is 23.4 Å². The molecule has 0 aromatic carbocycles. The Morgan fingerprint density at radius 2 is 1.93 bits per heavy atom. The summed E-state index contributed by atoms with van der Waals surface area (Å²) in [6, 6.07) is 3.30. The first kappa shape index (κ1) is 20.4. The Hall–Kier alpha value is -3.33. The summed E-state index contributed by atoms with van der Waals surface area (Å²) in [6.45, 7) is 2.85. The number of aryl methyl sites for hydroxylation is 2. The number of nitrogens with zero attached hydrogens (tertiary/aromatic N) is 3. The molecule has 0 radical (unpaired) electrons. The van der Waals surface area contributed by atoms with Crippen molar-refractivity contribution >= 4 is 17.6 Å². The molecule has 7 nitrogen and oxygen atoms in total. The molecule has 3 aromatic rings. The average Bonchev–Trinajstić information content (AvgIpc) is 2.66. The summed E-state index contributed by atoms with van der Waals surface area (Å²) in [4.78, 5) is 31.2. The molecule has 3 rings (SSSR count). The number of hydrogen-bond acceptors (Lipinski definition) is 6. The van der Waals surface area contributed by atoms with Gasteiger partial charge in [0.15, 0.2) is 5.82 Å². The number of carboxylic acids is 1. The van der Waals surface area contributed by atoms with Crippen LogP contribution >= 0.6 is 11.6 Å². The number of halogens is 3. The first-order chi connectivity index (χ1) is 13.7. The highest BCUT2D eigenvalue weighted by Crippen LogP contribution is 2.25. The minimum absolute atomic E-state index is 0.0252. The van der Waals surface area contributed by atoms with Crippen LogP contribution in [0.2, 0.25) is 5.02 Å². The number of aromatic carboxylic acids is 1. The fourth-order valence-corrected chi connectivity index (χ4v) is 2.84. The quantitative estimate of drug-likeness (QED) is 0.627. The predicted octanol–water partition coefficient (Wildman–Crippen LogP) is 2.12. The first-order valence-corrected chi connectivity index (χ1v) is 8.60. The Morgan fingerprint density at radius 3 is 2.59 bits per heavy atom. The molecule has 0 N–H and O–H groups in total. The highest BCUT2D eigenvalue weighted by molar-refractivity contribution is 6.31. The Kier molecular flexibility index (Phi) is 5.60. The van der Waals surface area contributed by atoms with E-state index in [9.17, 15) is 23.5 Å². The van der Waals surface area contributed by atoms with Crippen LogP contribution in [0.1, 0.15) is 27.4 Å². The molecule has 0 atom stereocenters. The molecule has 3 aromatic heterocycles. The minimum Gasteiger partial charge on any atom is -0.543 e. The molecule has 10 heteroatoms. The lowest BCUT2D eigenvalue weighted by Gasteiger charge is -2.17. The maximum absolute atomic E-state index is 13.7. The molecular formula is C19H13ClF2N3O4-. The van der Waals surface area contributed by atoms with E-state index in [1.54, 1.807) is 13.8 Å². The second kappa shape index (κ2) is 7.96. The van der Waals surface area contributed by atoms with Gasteiger partial charge in [-0.05, 0) is 25.5 Å². The lowest BCUT2D eigenvalue weighted by Crippen LogP contribution is -2.26. The monoisotopic (exact) mass is 420 g/mol. The molecule has 0 spiro atoms.